The molecule has 8 heteroatoms. The maximum atomic E-state index is 12.9. The minimum Gasteiger partial charge on any atom is -0.345 e. The first kappa shape index (κ1) is 23.0. The molecule has 0 aliphatic carbocycles. The Hall–Kier alpha value is -3.65. The van der Waals surface area contributed by atoms with E-state index in [4.69, 9.17) is 0 Å². The summed E-state index contributed by atoms with van der Waals surface area (Å²) >= 11 is 0. The molecule has 0 heterocycles. The van der Waals surface area contributed by atoms with Gasteiger partial charge in [0.1, 0.15) is 0 Å². The average Bonchev–Trinajstić information content (AvgIpc) is 2.79. The van der Waals surface area contributed by atoms with E-state index in [0.29, 0.717) is 22.5 Å². The normalized spacial score (nSPS) is 12.0. The van der Waals surface area contributed by atoms with Gasteiger partial charge in [0.25, 0.3) is 11.8 Å². The summed E-state index contributed by atoms with van der Waals surface area (Å²) in [6.07, 6.45) is 1.11. The number of benzene rings is 3. The van der Waals surface area contributed by atoms with Crippen molar-refractivity contribution >= 4 is 33.2 Å². The van der Waals surface area contributed by atoms with Gasteiger partial charge in [-0.3, -0.25) is 13.9 Å². The van der Waals surface area contributed by atoms with Crippen LogP contribution in [0, 0.1) is 0 Å². The summed E-state index contributed by atoms with van der Waals surface area (Å²) in [5.74, 6) is -0.711. The molecule has 0 saturated carbocycles. The van der Waals surface area contributed by atoms with Crippen molar-refractivity contribution in [3.63, 3.8) is 0 Å². The summed E-state index contributed by atoms with van der Waals surface area (Å²) in [4.78, 5) is 25.6. The van der Waals surface area contributed by atoms with Crippen LogP contribution in [0.2, 0.25) is 0 Å². The molecule has 0 saturated heterocycles. The van der Waals surface area contributed by atoms with Gasteiger partial charge < -0.3 is 10.6 Å². The number of nitrogens with one attached hydrogen (secondary N) is 2. The van der Waals surface area contributed by atoms with Crippen molar-refractivity contribution in [2.24, 2.45) is 0 Å². The van der Waals surface area contributed by atoms with Crippen LogP contribution >= 0.6 is 0 Å². The van der Waals surface area contributed by atoms with Crippen molar-refractivity contribution < 1.29 is 18.0 Å². The zero-order valence-electron chi connectivity index (χ0n) is 18.1. The largest absolute Gasteiger partial charge is 0.345 e. The van der Waals surface area contributed by atoms with Crippen molar-refractivity contribution in [1.82, 2.24) is 5.32 Å². The fraction of sp³-hybridized carbons (Fsp3) is 0.167. The second-order valence-corrected chi connectivity index (χ2v) is 9.40. The van der Waals surface area contributed by atoms with E-state index in [0.717, 1.165) is 16.1 Å². The average molecular weight is 452 g/mol. The van der Waals surface area contributed by atoms with Crippen LogP contribution in [-0.2, 0) is 10.0 Å². The number of nitrogens with zero attached hydrogens (tertiary/aromatic N) is 1. The van der Waals surface area contributed by atoms with Gasteiger partial charge in [-0.1, -0.05) is 42.5 Å². The Bertz CT molecular complexity index is 1210. The van der Waals surface area contributed by atoms with Gasteiger partial charge in [0, 0.05) is 12.6 Å². The van der Waals surface area contributed by atoms with Gasteiger partial charge in [-0.2, -0.15) is 0 Å². The molecule has 0 bridgehead atoms. The topological polar surface area (TPSA) is 95.6 Å². The molecule has 0 aliphatic rings. The third-order valence-corrected chi connectivity index (χ3v) is 6.26. The number of sulfonamides is 1. The zero-order valence-corrected chi connectivity index (χ0v) is 18.9. The Morgan fingerprint density at radius 1 is 0.844 bits per heavy atom. The van der Waals surface area contributed by atoms with Gasteiger partial charge in [-0.25, -0.2) is 8.42 Å². The molecule has 0 radical (unpaired) electrons. The van der Waals surface area contributed by atoms with Crippen molar-refractivity contribution in [2.75, 3.05) is 22.9 Å². The van der Waals surface area contributed by atoms with E-state index >= 15 is 0 Å². The molecular formula is C24H25N3O4S. The SMILES string of the molecule is C[C@@H](NC(=O)c1ccccc1NC(=O)c1ccc(N(C)S(C)(=O)=O)cc1)c1ccccc1. The molecular weight excluding hydrogens is 426 g/mol. The number of hydrogen-bond acceptors (Lipinski definition) is 4. The third kappa shape index (κ3) is 5.53. The van der Waals surface area contributed by atoms with E-state index in [1.54, 1.807) is 36.4 Å². The number of rotatable bonds is 7. The minimum absolute atomic E-state index is 0.202. The molecule has 0 aliphatic heterocycles. The highest BCUT2D eigenvalue weighted by atomic mass is 32.2. The van der Waals surface area contributed by atoms with E-state index in [1.807, 2.05) is 37.3 Å². The van der Waals surface area contributed by atoms with Gasteiger partial charge in [0.15, 0.2) is 0 Å². The molecule has 3 aromatic carbocycles. The van der Waals surface area contributed by atoms with E-state index in [9.17, 15) is 18.0 Å². The van der Waals surface area contributed by atoms with Gasteiger partial charge >= 0.3 is 0 Å². The molecule has 7 nitrogen and oxygen atoms in total. The van der Waals surface area contributed by atoms with E-state index in [2.05, 4.69) is 10.6 Å². The molecule has 3 rings (SSSR count). The summed E-state index contributed by atoms with van der Waals surface area (Å²) in [7, 11) is -1.95. The molecule has 32 heavy (non-hydrogen) atoms. The summed E-state index contributed by atoms with van der Waals surface area (Å²) in [5.41, 5.74) is 2.48. The van der Waals surface area contributed by atoms with Crippen molar-refractivity contribution in [3.8, 4) is 0 Å². The molecule has 0 spiro atoms. The predicted molar refractivity (Wildman–Crippen MR) is 126 cm³/mol. The highest BCUT2D eigenvalue weighted by molar-refractivity contribution is 7.92. The lowest BCUT2D eigenvalue weighted by molar-refractivity contribution is 0.0940. The monoisotopic (exact) mass is 451 g/mol. The Morgan fingerprint density at radius 2 is 1.44 bits per heavy atom. The Kier molecular flexibility index (Phi) is 6.95. The first-order valence-electron chi connectivity index (χ1n) is 9.97. The zero-order chi connectivity index (χ0) is 23.3. The van der Waals surface area contributed by atoms with E-state index in [1.165, 1.54) is 19.2 Å². The second-order valence-electron chi connectivity index (χ2n) is 7.38. The first-order valence-corrected chi connectivity index (χ1v) is 11.8. The molecule has 0 unspecified atom stereocenters. The number of carbonyl (C=O) groups excluding carboxylic acids is 2. The predicted octanol–water partition coefficient (Wildman–Crippen LogP) is 3.83. The first-order chi connectivity index (χ1) is 15.2. The minimum atomic E-state index is -3.39. The summed E-state index contributed by atoms with van der Waals surface area (Å²) in [5, 5.41) is 5.72. The smallest absolute Gasteiger partial charge is 0.255 e. The molecule has 2 amide bonds. The number of hydrogen-bond donors (Lipinski definition) is 2. The van der Waals surface area contributed by atoms with Crippen LogP contribution in [-0.4, -0.2) is 33.5 Å². The Balaban J connectivity index is 1.74. The van der Waals surface area contributed by atoms with Gasteiger partial charge in [-0.05, 0) is 48.9 Å². The maximum Gasteiger partial charge on any atom is 0.255 e. The van der Waals surface area contributed by atoms with Crippen molar-refractivity contribution in [1.29, 1.82) is 0 Å². The maximum absolute atomic E-state index is 12.9. The van der Waals surface area contributed by atoms with E-state index < -0.39 is 15.9 Å². The fourth-order valence-electron chi connectivity index (χ4n) is 3.10. The molecule has 0 aromatic heterocycles. The number of anilines is 2. The highest BCUT2D eigenvalue weighted by Crippen LogP contribution is 2.20. The van der Waals surface area contributed by atoms with Gasteiger partial charge in [0.05, 0.1) is 29.2 Å². The summed E-state index contributed by atoms with van der Waals surface area (Å²) in [6, 6.07) is 22.3. The lowest BCUT2D eigenvalue weighted by Crippen LogP contribution is -2.28. The molecule has 2 N–H and O–H groups in total. The number of amides is 2. The Labute approximate surface area is 188 Å². The lowest BCUT2D eigenvalue weighted by Gasteiger charge is -2.17. The van der Waals surface area contributed by atoms with Crippen molar-refractivity contribution in [3.05, 3.63) is 95.6 Å². The molecule has 166 valence electrons. The third-order valence-electron chi connectivity index (χ3n) is 5.06. The molecule has 0 fully saturated rings. The van der Waals surface area contributed by atoms with E-state index in [-0.39, 0.29) is 11.9 Å². The van der Waals surface area contributed by atoms with Crippen LogP contribution < -0.4 is 14.9 Å². The second kappa shape index (κ2) is 9.65. The number of carbonyl (C=O) groups is 2. The van der Waals surface area contributed by atoms with Crippen LogP contribution in [0.25, 0.3) is 0 Å². The lowest BCUT2D eigenvalue weighted by atomic mass is 10.1. The summed E-state index contributed by atoms with van der Waals surface area (Å²) < 4.78 is 24.5. The quantitative estimate of drug-likeness (QED) is 0.571. The Morgan fingerprint density at radius 3 is 2.06 bits per heavy atom. The van der Waals surface area contributed by atoms with Gasteiger partial charge in [-0.15, -0.1) is 0 Å². The summed E-state index contributed by atoms with van der Waals surface area (Å²) in [6.45, 7) is 1.89. The fourth-order valence-corrected chi connectivity index (χ4v) is 3.60. The van der Waals surface area contributed by atoms with Gasteiger partial charge in [0.2, 0.25) is 10.0 Å². The van der Waals surface area contributed by atoms with Crippen LogP contribution in [0.5, 0.6) is 0 Å². The van der Waals surface area contributed by atoms with Crippen LogP contribution in [0.3, 0.4) is 0 Å². The highest BCUT2D eigenvalue weighted by Gasteiger charge is 2.17. The number of para-hydroxylation sites is 1. The van der Waals surface area contributed by atoms with Crippen molar-refractivity contribution in [2.45, 2.75) is 13.0 Å². The van der Waals surface area contributed by atoms with Crippen LogP contribution in [0.15, 0.2) is 78.9 Å². The molecule has 1 atom stereocenters. The standard InChI is InChI=1S/C24H25N3O4S/c1-17(18-9-5-4-6-10-18)25-24(29)21-11-7-8-12-22(21)26-23(28)19-13-15-20(16-14-19)27(2)32(3,30)31/h4-17H,1-3H3,(H,25,29)(H,26,28)/t17-/m1/s1. The van der Waals surface area contributed by atoms with Crippen LogP contribution in [0.1, 0.15) is 39.2 Å². The molecule has 3 aromatic rings. The van der Waals surface area contributed by atoms with Crippen LogP contribution in [0.4, 0.5) is 11.4 Å².